The van der Waals surface area contributed by atoms with E-state index in [-0.39, 0.29) is 74.2 Å². The van der Waals surface area contributed by atoms with Crippen LogP contribution < -0.4 is 48.0 Å². The number of aromatic nitrogens is 18. The van der Waals surface area contributed by atoms with Crippen molar-refractivity contribution < 1.29 is 28.6 Å². The van der Waals surface area contributed by atoms with Crippen molar-refractivity contribution >= 4 is 17.7 Å². The maximum Gasteiger partial charge on any atom is 0.338 e. The van der Waals surface area contributed by atoms with Crippen molar-refractivity contribution in [3.05, 3.63) is 349 Å². The minimum atomic E-state index is -0.761. The van der Waals surface area contributed by atoms with Crippen LogP contribution in [0.4, 0.5) is 0 Å². The molecular weight excluding hydrogens is 1270 g/mol. The average molecular weight is 1330 g/mol. The molecule has 13 rings (SSSR count). The molecule has 0 N–H and O–H groups in total. The Bertz CT molecular complexity index is 4940. The van der Waals surface area contributed by atoms with E-state index in [0.29, 0.717) is 50.4 Å². The molecule has 0 bridgehead atoms. The Morgan fingerprint density at radius 3 is 0.798 bits per heavy atom. The molecule has 0 spiro atoms. The van der Waals surface area contributed by atoms with Crippen molar-refractivity contribution in [2.45, 2.75) is 59.1 Å². The number of rotatable bonds is 24. The van der Waals surface area contributed by atoms with Gasteiger partial charge in [-0.25, -0.2) is 28.4 Å². The zero-order valence-electron chi connectivity index (χ0n) is 52.1. The highest BCUT2D eigenvalue weighted by Crippen LogP contribution is 2.19. The maximum atomic E-state index is 13.3. The maximum absolute atomic E-state index is 13.3. The lowest BCUT2D eigenvalue weighted by Gasteiger charge is -2.10. The van der Waals surface area contributed by atoms with Gasteiger partial charge in [-0.05, 0) is 69.8 Å². The monoisotopic (exact) mass is 1330 g/mol. The van der Waals surface area contributed by atoms with Crippen molar-refractivity contribution in [2.75, 3.05) is 0 Å². The lowest BCUT2D eigenvalue weighted by atomic mass is 10.1. The Morgan fingerprint density at radius 1 is 0.303 bits per heavy atom. The van der Waals surface area contributed by atoms with E-state index in [2.05, 4.69) is 45.9 Å². The van der Waals surface area contributed by atoms with Gasteiger partial charge in [-0.2, -0.15) is 13.7 Å². The average Bonchev–Trinajstić information content (AvgIpc) is 1.82. The summed E-state index contributed by atoms with van der Waals surface area (Å²) in [6, 6.07) is 49.4. The van der Waals surface area contributed by atoms with Crippen LogP contribution in [0.15, 0.2) is 248 Å². The quantitative estimate of drug-likeness (QED) is 0.0832. The van der Waals surface area contributed by atoms with Crippen LogP contribution in [0.2, 0.25) is 0 Å². The first kappa shape index (κ1) is 63.9. The fraction of sp³-hybridized carbons (Fsp3) is 0.130. The molecule has 0 saturated heterocycles. The summed E-state index contributed by atoms with van der Waals surface area (Å²) in [5.41, 5.74) is 2.18. The molecule has 492 valence electrons. The number of hydrogen-bond donors (Lipinski definition) is 0. The molecule has 0 aliphatic carbocycles. The first-order valence-electron chi connectivity index (χ1n) is 30.5. The molecule has 0 fully saturated rings. The standard InChI is InChI=1S/C69H54N18O12/c88-58-28-31-79(67(94)85(58)61(91)52-10-4-1-5-11-52)34-46-16-22-49(23-17-46)37-82-40-55(73-76-82)43-97-64-70-65(98-44-56-41-83(77-74-56)38-50-24-18-47(19-25-50)35-80-32-29-59(89)86(68(80)95)62(92)53-12-6-2-7-13-53)72-66(71-64)99-45-57-42-84(78-75-57)39-51-26-20-48(21-27-51)36-81-33-30-60(90)87(69(81)96)63(93)54-14-8-3-9-15-54/h1-33,40-42H,34-39,43-45H2. The summed E-state index contributed by atoms with van der Waals surface area (Å²) >= 11 is 0. The third kappa shape index (κ3) is 15.2. The minimum absolute atomic E-state index is 0.0991. The molecule has 30 nitrogen and oxygen atoms in total. The van der Waals surface area contributed by atoms with Crippen LogP contribution in [0, 0.1) is 0 Å². The zero-order valence-corrected chi connectivity index (χ0v) is 52.1. The van der Waals surface area contributed by atoms with Gasteiger partial charge in [-0.3, -0.25) is 42.5 Å². The Morgan fingerprint density at radius 2 is 0.545 bits per heavy atom. The molecule has 6 aromatic carbocycles. The van der Waals surface area contributed by atoms with E-state index >= 15 is 0 Å². The van der Waals surface area contributed by atoms with Crippen molar-refractivity contribution in [2.24, 2.45) is 0 Å². The summed E-state index contributed by atoms with van der Waals surface area (Å²) in [5, 5.41) is 25.6. The Balaban J connectivity index is 0.654. The highest BCUT2D eigenvalue weighted by Gasteiger charge is 2.20. The van der Waals surface area contributed by atoms with Gasteiger partial charge in [0, 0.05) is 53.5 Å². The second kappa shape index (κ2) is 28.8. The van der Waals surface area contributed by atoms with Gasteiger partial charge in [0.15, 0.2) is 0 Å². The minimum Gasteiger partial charge on any atom is -0.457 e. The van der Waals surface area contributed by atoms with E-state index in [4.69, 9.17) is 14.2 Å². The van der Waals surface area contributed by atoms with Gasteiger partial charge < -0.3 is 14.2 Å². The number of hydrogen-bond acceptors (Lipinski definition) is 21. The van der Waals surface area contributed by atoms with Gasteiger partial charge in [0.25, 0.3) is 34.4 Å². The number of benzene rings is 6. The number of nitrogens with zero attached hydrogens (tertiary/aromatic N) is 18. The van der Waals surface area contributed by atoms with Gasteiger partial charge in [0.2, 0.25) is 0 Å². The molecule has 99 heavy (non-hydrogen) atoms. The van der Waals surface area contributed by atoms with Crippen molar-refractivity contribution in [3.63, 3.8) is 0 Å². The van der Waals surface area contributed by atoms with Crippen LogP contribution in [0.3, 0.4) is 0 Å². The van der Waals surface area contributed by atoms with Crippen LogP contribution >= 0.6 is 0 Å². The second-order valence-electron chi connectivity index (χ2n) is 22.4. The lowest BCUT2D eigenvalue weighted by Crippen LogP contribution is -2.43. The smallest absolute Gasteiger partial charge is 0.338 e. The fourth-order valence-electron chi connectivity index (χ4n) is 10.4. The van der Waals surface area contributed by atoms with Crippen LogP contribution in [0.5, 0.6) is 18.0 Å². The van der Waals surface area contributed by atoms with Gasteiger partial charge in [-0.1, -0.05) is 143 Å². The molecule has 7 heterocycles. The van der Waals surface area contributed by atoms with Crippen molar-refractivity contribution in [1.82, 2.24) is 87.3 Å². The van der Waals surface area contributed by atoms with E-state index in [1.807, 2.05) is 72.8 Å². The number of ether oxygens (including phenoxy) is 3. The molecule has 0 aliphatic heterocycles. The van der Waals surface area contributed by atoms with Crippen LogP contribution in [0.25, 0.3) is 0 Å². The third-order valence-electron chi connectivity index (χ3n) is 15.4. The molecule has 0 unspecified atom stereocenters. The second-order valence-corrected chi connectivity index (χ2v) is 22.4. The Kier molecular flexibility index (Phi) is 18.6. The van der Waals surface area contributed by atoms with Crippen molar-refractivity contribution in [3.8, 4) is 18.0 Å². The predicted molar refractivity (Wildman–Crippen MR) is 350 cm³/mol. The first-order chi connectivity index (χ1) is 48.2. The Labute approximate surface area is 557 Å². The molecule has 0 saturated carbocycles. The van der Waals surface area contributed by atoms with Crippen LogP contribution in [0.1, 0.15) is 81.5 Å². The number of carbonyl (C=O) groups excluding carboxylic acids is 3. The third-order valence-corrected chi connectivity index (χ3v) is 15.4. The fourth-order valence-corrected chi connectivity index (χ4v) is 10.4. The normalized spacial score (nSPS) is 11.2. The summed E-state index contributed by atoms with van der Waals surface area (Å²) in [6.45, 7) is 0.830. The first-order valence-corrected chi connectivity index (χ1v) is 30.5. The van der Waals surface area contributed by atoms with E-state index in [1.54, 1.807) is 87.2 Å². The predicted octanol–water partition coefficient (Wildman–Crippen LogP) is 3.71. The zero-order chi connectivity index (χ0) is 68.4. The molecule has 13 aromatic rings. The van der Waals surface area contributed by atoms with Gasteiger partial charge >= 0.3 is 35.1 Å². The van der Waals surface area contributed by atoms with Gasteiger partial charge in [-0.15, -0.1) is 30.2 Å². The van der Waals surface area contributed by atoms with E-state index in [9.17, 15) is 43.2 Å². The van der Waals surface area contributed by atoms with E-state index in [1.165, 1.54) is 86.9 Å². The molecule has 0 atom stereocenters. The summed E-state index contributed by atoms with van der Waals surface area (Å²) < 4.78 is 28.6. The highest BCUT2D eigenvalue weighted by molar-refractivity contribution is 5.96. The highest BCUT2D eigenvalue weighted by atomic mass is 16.5. The molecule has 7 aromatic heterocycles. The molecular formula is C69H54N18O12. The van der Waals surface area contributed by atoms with E-state index in [0.717, 1.165) is 33.4 Å². The molecule has 30 heteroatoms. The molecule has 0 amide bonds. The van der Waals surface area contributed by atoms with E-state index < -0.39 is 51.5 Å². The van der Waals surface area contributed by atoms with Crippen molar-refractivity contribution in [1.29, 1.82) is 0 Å². The number of carbonyl (C=O) groups is 3. The summed E-state index contributed by atoms with van der Waals surface area (Å²) in [4.78, 5) is 130. The van der Waals surface area contributed by atoms with Gasteiger partial charge in [0.05, 0.1) is 57.9 Å². The molecule has 0 radical (unpaired) electrons. The van der Waals surface area contributed by atoms with Gasteiger partial charge in [0.1, 0.15) is 36.9 Å². The van der Waals surface area contributed by atoms with Crippen LogP contribution in [-0.2, 0) is 59.1 Å². The SMILES string of the molecule is O=C(c1ccccc1)n1c(=O)ccn(Cc2ccc(Cn3cc(COc4nc(OCc5cn(Cc6ccc(Cn7ccc(=O)n(C(=O)c8ccccc8)c7=O)cc6)nn5)nc(OCc5cn(Cc6ccc(Cn7ccc(=O)n(C(=O)c8ccccc8)c7=O)cc6)nn5)n4)nn3)cc2)c1=O. The molecule has 0 aliphatic rings. The summed E-state index contributed by atoms with van der Waals surface area (Å²) in [6.07, 6.45) is 9.12. The lowest BCUT2D eigenvalue weighted by molar-refractivity contribution is 0.0940. The Hall–Kier alpha value is -13.8. The van der Waals surface area contributed by atoms with Crippen LogP contribution in [-0.4, -0.2) is 105 Å². The summed E-state index contributed by atoms with van der Waals surface area (Å²) in [7, 11) is 0. The summed E-state index contributed by atoms with van der Waals surface area (Å²) in [5.74, 6) is -2.16. The largest absolute Gasteiger partial charge is 0.457 e. The topological polar surface area (TPSA) is 342 Å².